The van der Waals surface area contributed by atoms with Gasteiger partial charge in [-0.2, -0.15) is 0 Å². The fraction of sp³-hybridized carbons (Fsp3) is 0.409. The second-order valence-electron chi connectivity index (χ2n) is 7.54. The van der Waals surface area contributed by atoms with Crippen LogP contribution in [0.2, 0.25) is 0 Å². The summed E-state index contributed by atoms with van der Waals surface area (Å²) >= 11 is 0. The third-order valence-corrected chi connectivity index (χ3v) is 4.49. The van der Waals surface area contributed by atoms with E-state index < -0.39 is 0 Å². The Bertz CT molecular complexity index is 605. The Kier molecular flexibility index (Phi) is 6.77. The molecule has 0 radical (unpaired) electrons. The van der Waals surface area contributed by atoms with Gasteiger partial charge in [-0.05, 0) is 16.5 Å². The van der Waals surface area contributed by atoms with E-state index in [9.17, 15) is 4.79 Å². The summed E-state index contributed by atoms with van der Waals surface area (Å²) in [6, 6.07) is 20.9. The lowest BCUT2D eigenvalue weighted by Crippen LogP contribution is -2.44. The van der Waals surface area contributed by atoms with Gasteiger partial charge in [0.2, 0.25) is 0 Å². The molecule has 0 heterocycles. The average molecular weight is 339 g/mol. The van der Waals surface area contributed by atoms with E-state index in [1.54, 1.807) is 0 Å². The van der Waals surface area contributed by atoms with Gasteiger partial charge in [-0.15, -0.1) is 0 Å². The van der Waals surface area contributed by atoms with Gasteiger partial charge < -0.3 is 4.74 Å². The van der Waals surface area contributed by atoms with Gasteiger partial charge in [0.15, 0.2) is 0 Å². The van der Waals surface area contributed by atoms with E-state index in [1.807, 2.05) is 12.1 Å². The molecule has 134 valence electrons. The minimum atomic E-state index is -0.161. The Hall–Kier alpha value is -2.13. The van der Waals surface area contributed by atoms with Crippen LogP contribution < -0.4 is 0 Å². The number of hydrogen-bond acceptors (Lipinski definition) is 3. The second kappa shape index (κ2) is 8.82. The standard InChI is InChI=1S/C22H29NO2/c1-22(2,3)20(15-21(24)25-4)23(16-18-11-7-5-8-12-18)17-19-13-9-6-10-14-19/h5-14,20H,15-17H2,1-4H3/t20-/m0/s1. The first-order valence-corrected chi connectivity index (χ1v) is 8.79. The van der Waals surface area contributed by atoms with Crippen molar-refractivity contribution in [2.24, 2.45) is 5.41 Å². The first kappa shape index (κ1) is 19.2. The fourth-order valence-electron chi connectivity index (χ4n) is 3.14. The van der Waals surface area contributed by atoms with Crippen LogP contribution in [0.1, 0.15) is 38.3 Å². The van der Waals surface area contributed by atoms with Crippen LogP contribution in [0.25, 0.3) is 0 Å². The van der Waals surface area contributed by atoms with Gasteiger partial charge in [0.25, 0.3) is 0 Å². The summed E-state index contributed by atoms with van der Waals surface area (Å²) in [5.41, 5.74) is 2.45. The largest absolute Gasteiger partial charge is 0.469 e. The van der Waals surface area contributed by atoms with Crippen LogP contribution >= 0.6 is 0 Å². The highest BCUT2D eigenvalue weighted by Crippen LogP contribution is 2.30. The summed E-state index contributed by atoms with van der Waals surface area (Å²) in [6.07, 6.45) is 0.389. The molecule has 0 aromatic heterocycles. The molecule has 0 fully saturated rings. The highest BCUT2D eigenvalue weighted by molar-refractivity contribution is 5.70. The molecule has 0 bridgehead atoms. The van der Waals surface area contributed by atoms with Crippen molar-refractivity contribution in [2.45, 2.75) is 46.3 Å². The minimum Gasteiger partial charge on any atom is -0.469 e. The zero-order chi connectivity index (χ0) is 18.3. The number of benzene rings is 2. The topological polar surface area (TPSA) is 29.5 Å². The molecule has 0 amide bonds. The third-order valence-electron chi connectivity index (χ3n) is 4.49. The lowest BCUT2D eigenvalue weighted by molar-refractivity contribution is -0.143. The molecule has 2 aromatic carbocycles. The maximum atomic E-state index is 12.0. The molecule has 3 heteroatoms. The number of rotatable bonds is 7. The van der Waals surface area contributed by atoms with Gasteiger partial charge in [0, 0.05) is 19.1 Å². The molecule has 0 saturated heterocycles. The number of hydrogen-bond donors (Lipinski definition) is 0. The van der Waals surface area contributed by atoms with Crippen LogP contribution in [0.3, 0.4) is 0 Å². The minimum absolute atomic E-state index is 0.0439. The molecule has 0 aliphatic carbocycles. The van der Waals surface area contributed by atoms with Crippen molar-refractivity contribution in [1.29, 1.82) is 0 Å². The van der Waals surface area contributed by atoms with Crippen molar-refractivity contribution in [1.82, 2.24) is 4.90 Å². The van der Waals surface area contributed by atoms with Crippen molar-refractivity contribution < 1.29 is 9.53 Å². The summed E-state index contributed by atoms with van der Waals surface area (Å²) < 4.78 is 4.96. The van der Waals surface area contributed by atoms with Crippen molar-refractivity contribution >= 4 is 5.97 Å². The van der Waals surface area contributed by atoms with Crippen LogP contribution in [-0.4, -0.2) is 24.0 Å². The summed E-state index contributed by atoms with van der Waals surface area (Å²) in [7, 11) is 1.46. The molecular weight excluding hydrogens is 310 g/mol. The normalized spacial score (nSPS) is 12.8. The van der Waals surface area contributed by atoms with Gasteiger partial charge >= 0.3 is 5.97 Å². The highest BCUT2D eigenvalue weighted by atomic mass is 16.5. The van der Waals surface area contributed by atoms with Gasteiger partial charge in [-0.1, -0.05) is 81.4 Å². The van der Waals surface area contributed by atoms with Crippen LogP contribution in [0.5, 0.6) is 0 Å². The van der Waals surface area contributed by atoms with Gasteiger partial charge in [-0.25, -0.2) is 0 Å². The first-order valence-electron chi connectivity index (χ1n) is 8.79. The van der Waals surface area contributed by atoms with Crippen molar-refractivity contribution in [2.75, 3.05) is 7.11 Å². The molecule has 25 heavy (non-hydrogen) atoms. The van der Waals surface area contributed by atoms with Gasteiger partial charge in [0.05, 0.1) is 13.5 Å². The first-order chi connectivity index (χ1) is 11.9. The molecular formula is C22H29NO2. The summed E-state index contributed by atoms with van der Waals surface area (Å²) in [6.45, 7) is 8.15. The zero-order valence-electron chi connectivity index (χ0n) is 15.7. The maximum absolute atomic E-state index is 12.0. The molecule has 2 aromatic rings. The summed E-state index contributed by atoms with van der Waals surface area (Å²) in [4.78, 5) is 14.4. The molecule has 0 N–H and O–H groups in total. The molecule has 0 saturated carbocycles. The van der Waals surface area contributed by atoms with Crippen molar-refractivity contribution in [3.63, 3.8) is 0 Å². The number of nitrogens with zero attached hydrogens (tertiary/aromatic N) is 1. The monoisotopic (exact) mass is 339 g/mol. The van der Waals surface area contributed by atoms with E-state index in [1.165, 1.54) is 18.2 Å². The van der Waals surface area contributed by atoms with Crippen LogP contribution in [-0.2, 0) is 22.6 Å². The molecule has 3 nitrogen and oxygen atoms in total. The molecule has 0 aliphatic heterocycles. The van der Waals surface area contributed by atoms with E-state index in [0.29, 0.717) is 6.42 Å². The SMILES string of the molecule is COC(=O)C[C@H](N(Cc1ccccc1)Cc1ccccc1)C(C)(C)C. The smallest absolute Gasteiger partial charge is 0.307 e. The van der Waals surface area contributed by atoms with E-state index in [0.717, 1.165) is 13.1 Å². The van der Waals surface area contributed by atoms with Crippen molar-refractivity contribution in [3.05, 3.63) is 71.8 Å². The highest BCUT2D eigenvalue weighted by Gasteiger charge is 2.32. The average Bonchev–Trinajstić information content (AvgIpc) is 2.59. The fourth-order valence-corrected chi connectivity index (χ4v) is 3.14. The van der Waals surface area contributed by atoms with Crippen LogP contribution in [0.15, 0.2) is 60.7 Å². The Morgan fingerprint density at radius 1 is 0.920 bits per heavy atom. The number of ether oxygens (including phenoxy) is 1. The Labute approximate surface area is 151 Å². The van der Waals surface area contributed by atoms with Gasteiger partial charge in [-0.3, -0.25) is 9.69 Å². The number of methoxy groups -OCH3 is 1. The lowest BCUT2D eigenvalue weighted by Gasteiger charge is -2.40. The van der Waals surface area contributed by atoms with Gasteiger partial charge in [0.1, 0.15) is 0 Å². The lowest BCUT2D eigenvalue weighted by atomic mass is 9.83. The zero-order valence-corrected chi connectivity index (χ0v) is 15.7. The maximum Gasteiger partial charge on any atom is 0.307 e. The second-order valence-corrected chi connectivity index (χ2v) is 7.54. The quantitative estimate of drug-likeness (QED) is 0.687. The summed E-state index contributed by atoms with van der Waals surface area (Å²) in [5, 5.41) is 0. The number of esters is 1. The Morgan fingerprint density at radius 3 is 1.72 bits per heavy atom. The molecule has 1 atom stereocenters. The predicted molar refractivity (Wildman–Crippen MR) is 102 cm³/mol. The van der Waals surface area contributed by atoms with Crippen LogP contribution in [0.4, 0.5) is 0 Å². The van der Waals surface area contributed by atoms with Crippen molar-refractivity contribution in [3.8, 4) is 0 Å². The molecule has 2 rings (SSSR count). The van der Waals surface area contributed by atoms with E-state index in [4.69, 9.17) is 4.74 Å². The molecule has 0 unspecified atom stereocenters. The number of carbonyl (C=O) groups is 1. The van der Waals surface area contributed by atoms with E-state index >= 15 is 0 Å². The molecule has 0 spiro atoms. The summed E-state index contributed by atoms with van der Waals surface area (Å²) in [5.74, 6) is -0.161. The van der Waals surface area contributed by atoms with E-state index in [2.05, 4.69) is 74.2 Å². The Balaban J connectivity index is 2.30. The number of carbonyl (C=O) groups excluding carboxylic acids is 1. The Morgan fingerprint density at radius 2 is 1.36 bits per heavy atom. The third kappa shape index (κ3) is 6.02. The van der Waals surface area contributed by atoms with Crippen LogP contribution in [0, 0.1) is 5.41 Å². The molecule has 0 aliphatic rings. The predicted octanol–water partition coefficient (Wildman–Crippen LogP) is 4.67. The van der Waals surface area contributed by atoms with E-state index in [-0.39, 0.29) is 17.4 Å².